The lowest BCUT2D eigenvalue weighted by molar-refractivity contribution is -0.122. The second-order valence-electron chi connectivity index (χ2n) is 3.97. The maximum Gasteiger partial charge on any atom is 0.238 e. The first-order valence-corrected chi connectivity index (χ1v) is 5.00. The van der Waals surface area contributed by atoms with E-state index in [1.807, 2.05) is 30.3 Å². The molecule has 0 saturated heterocycles. The molecule has 15 heavy (non-hydrogen) atoms. The Labute approximate surface area is 87.7 Å². The molecule has 1 amide bonds. The van der Waals surface area contributed by atoms with Gasteiger partial charge in [-0.25, -0.2) is 0 Å². The molecule has 0 aromatic heterocycles. The lowest BCUT2D eigenvalue weighted by atomic mass is 9.79. The van der Waals surface area contributed by atoms with Crippen LogP contribution in [-0.4, -0.2) is 12.5 Å². The largest absolute Gasteiger partial charge is 0.500 e. The number of ether oxygens (including phenoxy) is 1. The first-order valence-electron chi connectivity index (χ1n) is 5.00. The summed E-state index contributed by atoms with van der Waals surface area (Å²) in [7, 11) is 0. The lowest BCUT2D eigenvalue weighted by Crippen LogP contribution is -2.39. The molecule has 3 heteroatoms. The van der Waals surface area contributed by atoms with Gasteiger partial charge >= 0.3 is 0 Å². The van der Waals surface area contributed by atoms with Crippen LogP contribution in [0.15, 0.2) is 36.6 Å². The first-order chi connectivity index (χ1) is 7.33. The van der Waals surface area contributed by atoms with Gasteiger partial charge in [-0.15, -0.1) is 0 Å². The summed E-state index contributed by atoms with van der Waals surface area (Å²) in [5.41, 5.74) is 1.48. The van der Waals surface area contributed by atoms with Crippen molar-refractivity contribution < 1.29 is 9.53 Å². The number of allylic oxidation sites excluding steroid dienone is 1. The molecular weight excluding hydrogens is 190 g/mol. The van der Waals surface area contributed by atoms with Gasteiger partial charge < -0.3 is 10.1 Å². The Hall–Kier alpha value is -1.77. The Balaban J connectivity index is 2.16. The summed E-state index contributed by atoms with van der Waals surface area (Å²) in [4.78, 5) is 12.0. The predicted molar refractivity (Wildman–Crippen MR) is 56.5 cm³/mol. The Kier molecular flexibility index (Phi) is 1.63. The summed E-state index contributed by atoms with van der Waals surface area (Å²) in [5.74, 6) is 0.0491. The average Bonchev–Trinajstić information content (AvgIpc) is 2.55. The number of amides is 1. The lowest BCUT2D eigenvalue weighted by Gasteiger charge is -2.28. The third-order valence-corrected chi connectivity index (χ3v) is 3.11. The molecule has 1 atom stereocenters. The second-order valence-corrected chi connectivity index (χ2v) is 3.97. The van der Waals surface area contributed by atoms with Crippen LogP contribution in [0.5, 0.6) is 0 Å². The Morgan fingerprint density at radius 2 is 2.20 bits per heavy atom. The van der Waals surface area contributed by atoms with E-state index in [0.29, 0.717) is 6.61 Å². The van der Waals surface area contributed by atoms with Crippen LogP contribution in [0.1, 0.15) is 12.0 Å². The maximum absolute atomic E-state index is 12.0. The number of nitrogens with one attached hydrogen (secondary N) is 1. The zero-order chi connectivity index (χ0) is 10.3. The van der Waals surface area contributed by atoms with Crippen molar-refractivity contribution in [2.45, 2.75) is 11.8 Å². The van der Waals surface area contributed by atoms with E-state index >= 15 is 0 Å². The molecule has 0 saturated carbocycles. The Morgan fingerprint density at radius 1 is 1.33 bits per heavy atom. The van der Waals surface area contributed by atoms with Gasteiger partial charge in [0.1, 0.15) is 12.0 Å². The highest BCUT2D eigenvalue weighted by Crippen LogP contribution is 2.41. The fraction of sp³-hybridized carbons (Fsp3) is 0.250. The van der Waals surface area contributed by atoms with E-state index in [4.69, 9.17) is 4.74 Å². The highest BCUT2D eigenvalue weighted by Gasteiger charge is 2.47. The van der Waals surface area contributed by atoms with Crippen LogP contribution < -0.4 is 5.32 Å². The van der Waals surface area contributed by atoms with Gasteiger partial charge in [0.05, 0.1) is 6.26 Å². The van der Waals surface area contributed by atoms with Crippen LogP contribution in [-0.2, 0) is 14.9 Å². The van der Waals surface area contributed by atoms with Crippen molar-refractivity contribution in [3.05, 3.63) is 42.2 Å². The minimum absolute atomic E-state index is 0.0491. The Morgan fingerprint density at radius 3 is 3.00 bits per heavy atom. The Bertz CT molecular complexity index is 453. The molecule has 1 unspecified atom stereocenters. The summed E-state index contributed by atoms with van der Waals surface area (Å²) in [6, 6.07) is 7.81. The maximum atomic E-state index is 12.0. The number of hydrogen-bond donors (Lipinski definition) is 1. The standard InChI is InChI=1S/C12H11NO2/c14-11-12(6-3-7-15-8-12)9-4-1-2-5-10(9)13-11/h1-5,7H,6,8H2,(H,13,14). The summed E-state index contributed by atoms with van der Waals surface area (Å²) in [6.45, 7) is 0.437. The normalized spacial score (nSPS) is 27.3. The van der Waals surface area contributed by atoms with Crippen molar-refractivity contribution in [1.82, 2.24) is 0 Å². The van der Waals surface area contributed by atoms with Gasteiger partial charge in [-0.05, 0) is 24.1 Å². The summed E-state index contributed by atoms with van der Waals surface area (Å²) in [5, 5.41) is 2.91. The molecule has 3 nitrogen and oxygen atoms in total. The monoisotopic (exact) mass is 201 g/mol. The van der Waals surface area contributed by atoms with Crippen molar-refractivity contribution in [2.75, 3.05) is 11.9 Å². The number of fused-ring (bicyclic) bond motifs is 2. The molecule has 2 heterocycles. The summed E-state index contributed by atoms with van der Waals surface area (Å²) < 4.78 is 5.29. The number of anilines is 1. The molecule has 0 radical (unpaired) electrons. The molecule has 0 fully saturated rings. The van der Waals surface area contributed by atoms with Gasteiger partial charge in [0.15, 0.2) is 0 Å². The molecule has 0 aliphatic carbocycles. The minimum atomic E-state index is -0.495. The van der Waals surface area contributed by atoms with E-state index in [9.17, 15) is 4.79 Å². The SMILES string of the molecule is O=C1Nc2ccccc2C12CC=COC2. The molecule has 2 aliphatic rings. The van der Waals surface area contributed by atoms with Crippen LogP contribution in [0.3, 0.4) is 0 Å². The van der Waals surface area contributed by atoms with E-state index in [1.165, 1.54) is 0 Å². The molecule has 3 rings (SSSR count). The number of carbonyl (C=O) groups excluding carboxylic acids is 1. The molecule has 1 spiro atoms. The zero-order valence-electron chi connectivity index (χ0n) is 8.19. The molecule has 0 bridgehead atoms. The van der Waals surface area contributed by atoms with E-state index in [1.54, 1.807) is 6.26 Å². The van der Waals surface area contributed by atoms with E-state index in [-0.39, 0.29) is 5.91 Å². The van der Waals surface area contributed by atoms with Crippen molar-refractivity contribution in [3.8, 4) is 0 Å². The molecule has 1 N–H and O–H groups in total. The van der Waals surface area contributed by atoms with Crippen molar-refractivity contribution >= 4 is 11.6 Å². The summed E-state index contributed by atoms with van der Waals surface area (Å²) >= 11 is 0. The number of benzene rings is 1. The van der Waals surface area contributed by atoms with Gasteiger partial charge in [-0.3, -0.25) is 4.79 Å². The summed E-state index contributed by atoms with van der Waals surface area (Å²) in [6.07, 6.45) is 4.29. The third kappa shape index (κ3) is 1.03. The molecule has 76 valence electrons. The number of hydrogen-bond acceptors (Lipinski definition) is 2. The van der Waals surface area contributed by atoms with Gasteiger partial charge in [0.25, 0.3) is 0 Å². The number of para-hydroxylation sites is 1. The third-order valence-electron chi connectivity index (χ3n) is 3.11. The second kappa shape index (κ2) is 2.86. The first kappa shape index (κ1) is 8.53. The van der Waals surface area contributed by atoms with Gasteiger partial charge in [0, 0.05) is 5.69 Å². The molecule has 2 aliphatic heterocycles. The van der Waals surface area contributed by atoms with E-state index in [2.05, 4.69) is 5.32 Å². The van der Waals surface area contributed by atoms with Crippen molar-refractivity contribution in [2.24, 2.45) is 0 Å². The molecule has 1 aromatic rings. The van der Waals surface area contributed by atoms with Crippen LogP contribution in [0.2, 0.25) is 0 Å². The van der Waals surface area contributed by atoms with Crippen molar-refractivity contribution in [1.29, 1.82) is 0 Å². The highest BCUT2D eigenvalue weighted by molar-refractivity contribution is 6.06. The van der Waals surface area contributed by atoms with Gasteiger partial charge in [-0.1, -0.05) is 18.2 Å². The minimum Gasteiger partial charge on any atom is -0.500 e. The molecular formula is C12H11NO2. The quantitative estimate of drug-likeness (QED) is 0.695. The number of carbonyl (C=O) groups is 1. The van der Waals surface area contributed by atoms with Gasteiger partial charge in [0.2, 0.25) is 5.91 Å². The number of rotatable bonds is 0. The average molecular weight is 201 g/mol. The topological polar surface area (TPSA) is 38.3 Å². The predicted octanol–water partition coefficient (Wildman–Crippen LogP) is 1.81. The highest BCUT2D eigenvalue weighted by atomic mass is 16.5. The van der Waals surface area contributed by atoms with Crippen LogP contribution in [0, 0.1) is 0 Å². The van der Waals surface area contributed by atoms with E-state index < -0.39 is 5.41 Å². The van der Waals surface area contributed by atoms with Crippen LogP contribution >= 0.6 is 0 Å². The molecule has 1 aromatic carbocycles. The zero-order valence-corrected chi connectivity index (χ0v) is 8.19. The van der Waals surface area contributed by atoms with Crippen LogP contribution in [0.4, 0.5) is 5.69 Å². The fourth-order valence-electron chi connectivity index (χ4n) is 2.29. The fourth-order valence-corrected chi connectivity index (χ4v) is 2.29. The van der Waals surface area contributed by atoms with Gasteiger partial charge in [-0.2, -0.15) is 0 Å². The van der Waals surface area contributed by atoms with E-state index in [0.717, 1.165) is 17.7 Å². The smallest absolute Gasteiger partial charge is 0.238 e. The van der Waals surface area contributed by atoms with Crippen LogP contribution in [0.25, 0.3) is 0 Å². The van der Waals surface area contributed by atoms with Crippen molar-refractivity contribution in [3.63, 3.8) is 0 Å².